The molecule has 0 spiro atoms. The van der Waals surface area contributed by atoms with Crippen molar-refractivity contribution >= 4 is 21.7 Å². The molecule has 104 valence electrons. The smallest absolute Gasteiger partial charge is 0.160 e. The van der Waals surface area contributed by atoms with E-state index in [1.54, 1.807) is 13.0 Å². The summed E-state index contributed by atoms with van der Waals surface area (Å²) in [6.45, 7) is 7.72. The van der Waals surface area contributed by atoms with Gasteiger partial charge in [-0.1, -0.05) is 6.07 Å². The fourth-order valence-corrected chi connectivity index (χ4v) is 2.72. The summed E-state index contributed by atoms with van der Waals surface area (Å²) in [5.74, 6) is 1.60. The van der Waals surface area contributed by atoms with Crippen LogP contribution in [-0.4, -0.2) is 5.78 Å². The maximum Gasteiger partial charge on any atom is 0.160 e. The molecular formula is C17H17BrO2. The number of ether oxygens (including phenoxy) is 1. The molecule has 20 heavy (non-hydrogen) atoms. The zero-order valence-electron chi connectivity index (χ0n) is 12.1. The number of carbonyl (C=O) groups excluding carboxylic acids is 1. The van der Waals surface area contributed by atoms with Crippen LogP contribution in [0.5, 0.6) is 11.5 Å². The number of benzene rings is 2. The molecule has 0 aliphatic carbocycles. The Hall–Kier alpha value is -1.61. The minimum absolute atomic E-state index is 0.0333. The molecule has 0 heterocycles. The van der Waals surface area contributed by atoms with E-state index in [1.165, 1.54) is 11.1 Å². The molecule has 2 aromatic rings. The highest BCUT2D eigenvalue weighted by atomic mass is 79.9. The normalized spacial score (nSPS) is 10.4. The average molecular weight is 333 g/mol. The van der Waals surface area contributed by atoms with Gasteiger partial charge in [-0.15, -0.1) is 0 Å². The van der Waals surface area contributed by atoms with E-state index in [1.807, 2.05) is 32.0 Å². The monoisotopic (exact) mass is 332 g/mol. The molecule has 2 aromatic carbocycles. The van der Waals surface area contributed by atoms with Gasteiger partial charge < -0.3 is 4.74 Å². The molecular weight excluding hydrogens is 316 g/mol. The van der Waals surface area contributed by atoms with Gasteiger partial charge in [0.05, 0.1) is 0 Å². The Morgan fingerprint density at radius 3 is 2.40 bits per heavy atom. The quantitative estimate of drug-likeness (QED) is 0.706. The minimum Gasteiger partial charge on any atom is -0.457 e. The number of halogens is 1. The molecule has 0 radical (unpaired) electrons. The van der Waals surface area contributed by atoms with Crippen LogP contribution in [0.1, 0.15) is 34.0 Å². The van der Waals surface area contributed by atoms with Crippen LogP contribution in [0.2, 0.25) is 0 Å². The topological polar surface area (TPSA) is 26.3 Å². The lowest BCUT2D eigenvalue weighted by molar-refractivity contribution is 0.101. The van der Waals surface area contributed by atoms with Gasteiger partial charge in [0.2, 0.25) is 0 Å². The van der Waals surface area contributed by atoms with E-state index in [0.29, 0.717) is 5.56 Å². The van der Waals surface area contributed by atoms with Crippen molar-refractivity contribution in [2.24, 2.45) is 0 Å². The van der Waals surface area contributed by atoms with Gasteiger partial charge in [0.1, 0.15) is 11.5 Å². The lowest BCUT2D eigenvalue weighted by Gasteiger charge is -2.13. The molecule has 0 saturated heterocycles. The van der Waals surface area contributed by atoms with Gasteiger partial charge in [0.15, 0.2) is 5.78 Å². The van der Waals surface area contributed by atoms with E-state index in [2.05, 4.69) is 28.9 Å². The number of hydrogen-bond donors (Lipinski definition) is 0. The zero-order chi connectivity index (χ0) is 14.9. The van der Waals surface area contributed by atoms with Gasteiger partial charge in [0.25, 0.3) is 0 Å². The Bertz CT molecular complexity index is 675. The fourth-order valence-electron chi connectivity index (χ4n) is 2.08. The molecule has 3 heteroatoms. The van der Waals surface area contributed by atoms with E-state index in [0.717, 1.165) is 21.5 Å². The number of hydrogen-bond acceptors (Lipinski definition) is 2. The van der Waals surface area contributed by atoms with Crippen molar-refractivity contribution in [3.63, 3.8) is 0 Å². The third kappa shape index (κ3) is 3.10. The van der Waals surface area contributed by atoms with Crippen LogP contribution in [0.15, 0.2) is 34.8 Å². The Kier molecular flexibility index (Phi) is 4.29. The van der Waals surface area contributed by atoms with E-state index < -0.39 is 0 Å². The SMILES string of the molecule is CC(=O)c1ccc(Oc2cc(C)cc(C)c2C)cc1Br. The van der Waals surface area contributed by atoms with Crippen molar-refractivity contribution in [2.75, 3.05) is 0 Å². The standard InChI is InChI=1S/C17H17BrO2/c1-10-7-11(2)12(3)17(8-10)20-14-5-6-15(13(4)19)16(18)9-14/h5-9H,1-4H3. The van der Waals surface area contributed by atoms with Gasteiger partial charge in [-0.2, -0.15) is 0 Å². The first-order valence-corrected chi connectivity index (χ1v) is 7.24. The minimum atomic E-state index is 0.0333. The number of Topliss-reactive ketones (excluding diaryl/α,β-unsaturated/α-hetero) is 1. The van der Waals surface area contributed by atoms with E-state index in [9.17, 15) is 4.79 Å². The lowest BCUT2D eigenvalue weighted by atomic mass is 10.1. The van der Waals surface area contributed by atoms with E-state index >= 15 is 0 Å². The molecule has 0 atom stereocenters. The predicted octanol–water partition coefficient (Wildman–Crippen LogP) is 5.37. The molecule has 0 aromatic heterocycles. The first kappa shape index (κ1) is 14.8. The second-order valence-corrected chi connectivity index (χ2v) is 5.86. The van der Waals surface area contributed by atoms with Crippen molar-refractivity contribution < 1.29 is 9.53 Å². The highest BCUT2D eigenvalue weighted by Gasteiger charge is 2.09. The van der Waals surface area contributed by atoms with Gasteiger partial charge in [-0.05, 0) is 84.6 Å². The summed E-state index contributed by atoms with van der Waals surface area (Å²) >= 11 is 3.41. The summed E-state index contributed by atoms with van der Waals surface area (Å²) in [5, 5.41) is 0. The second-order valence-electron chi connectivity index (χ2n) is 5.00. The lowest BCUT2D eigenvalue weighted by Crippen LogP contribution is -1.95. The highest BCUT2D eigenvalue weighted by Crippen LogP contribution is 2.31. The Labute approximate surface area is 127 Å². The summed E-state index contributed by atoms with van der Waals surface area (Å²) < 4.78 is 6.70. The summed E-state index contributed by atoms with van der Waals surface area (Å²) in [7, 11) is 0. The summed E-state index contributed by atoms with van der Waals surface area (Å²) in [6, 6.07) is 9.58. The summed E-state index contributed by atoms with van der Waals surface area (Å²) in [5.41, 5.74) is 4.17. The molecule has 0 saturated carbocycles. The van der Waals surface area contributed by atoms with Crippen molar-refractivity contribution in [1.82, 2.24) is 0 Å². The first-order valence-electron chi connectivity index (χ1n) is 6.44. The third-order valence-corrected chi connectivity index (χ3v) is 3.97. The second kappa shape index (κ2) is 5.80. The molecule has 0 fully saturated rings. The Morgan fingerprint density at radius 2 is 1.80 bits per heavy atom. The average Bonchev–Trinajstić information content (AvgIpc) is 2.35. The van der Waals surface area contributed by atoms with Crippen LogP contribution in [0.3, 0.4) is 0 Å². The van der Waals surface area contributed by atoms with Crippen LogP contribution in [0, 0.1) is 20.8 Å². The van der Waals surface area contributed by atoms with Crippen LogP contribution in [0.25, 0.3) is 0 Å². The molecule has 0 N–H and O–H groups in total. The third-order valence-electron chi connectivity index (χ3n) is 3.31. The van der Waals surface area contributed by atoms with Crippen LogP contribution in [0.4, 0.5) is 0 Å². The maximum atomic E-state index is 11.4. The van der Waals surface area contributed by atoms with Gasteiger partial charge in [-0.3, -0.25) is 4.79 Å². The molecule has 0 unspecified atom stereocenters. The van der Waals surface area contributed by atoms with Gasteiger partial charge in [0, 0.05) is 10.0 Å². The number of aryl methyl sites for hydroxylation is 2. The van der Waals surface area contributed by atoms with E-state index in [4.69, 9.17) is 4.74 Å². The molecule has 0 aliphatic heterocycles. The highest BCUT2D eigenvalue weighted by molar-refractivity contribution is 9.10. The van der Waals surface area contributed by atoms with Crippen LogP contribution >= 0.6 is 15.9 Å². The van der Waals surface area contributed by atoms with Crippen molar-refractivity contribution in [3.05, 3.63) is 57.1 Å². The van der Waals surface area contributed by atoms with Crippen LogP contribution in [-0.2, 0) is 0 Å². The largest absolute Gasteiger partial charge is 0.457 e. The molecule has 0 amide bonds. The summed E-state index contributed by atoms with van der Waals surface area (Å²) in [6.07, 6.45) is 0. The zero-order valence-corrected chi connectivity index (χ0v) is 13.7. The van der Waals surface area contributed by atoms with Gasteiger partial charge >= 0.3 is 0 Å². The predicted molar refractivity (Wildman–Crippen MR) is 84.9 cm³/mol. The Balaban J connectivity index is 2.36. The number of ketones is 1. The Morgan fingerprint density at radius 1 is 1.10 bits per heavy atom. The van der Waals surface area contributed by atoms with E-state index in [-0.39, 0.29) is 5.78 Å². The fraction of sp³-hybridized carbons (Fsp3) is 0.235. The summed E-state index contributed by atoms with van der Waals surface area (Å²) in [4.78, 5) is 11.4. The molecule has 2 nitrogen and oxygen atoms in total. The van der Waals surface area contributed by atoms with Crippen molar-refractivity contribution in [1.29, 1.82) is 0 Å². The number of carbonyl (C=O) groups is 1. The first-order chi connectivity index (χ1) is 9.38. The van der Waals surface area contributed by atoms with Crippen molar-refractivity contribution in [2.45, 2.75) is 27.7 Å². The molecule has 0 bridgehead atoms. The number of rotatable bonds is 3. The molecule has 2 rings (SSSR count). The van der Waals surface area contributed by atoms with Crippen molar-refractivity contribution in [3.8, 4) is 11.5 Å². The van der Waals surface area contributed by atoms with Crippen LogP contribution < -0.4 is 4.74 Å². The molecule has 0 aliphatic rings. The maximum absolute atomic E-state index is 11.4. The van der Waals surface area contributed by atoms with Gasteiger partial charge in [-0.25, -0.2) is 0 Å².